The van der Waals surface area contributed by atoms with Crippen LogP contribution in [0, 0.1) is 6.92 Å². The number of hydrogen-bond acceptors (Lipinski definition) is 8. The third-order valence-corrected chi connectivity index (χ3v) is 3.35. The number of carbonyl (C=O) groups excluding carboxylic acids is 3. The summed E-state index contributed by atoms with van der Waals surface area (Å²) in [6.45, 7) is 7.10. The smallest absolute Gasteiger partial charge is 0.325 e. The van der Waals surface area contributed by atoms with Crippen molar-refractivity contribution in [2.75, 3.05) is 44.4 Å². The summed E-state index contributed by atoms with van der Waals surface area (Å²) in [4.78, 5) is 36.3. The SMILES string of the molecule is CCOC(=O)CN(CC(=O)OCC)c1ccc(C)cc1OCCOC(C)=O. The zero-order chi connectivity index (χ0) is 20.2. The van der Waals surface area contributed by atoms with Gasteiger partial charge in [-0.25, -0.2) is 0 Å². The van der Waals surface area contributed by atoms with Crippen LogP contribution in [-0.2, 0) is 28.6 Å². The van der Waals surface area contributed by atoms with Gasteiger partial charge in [-0.1, -0.05) is 6.07 Å². The number of anilines is 1. The van der Waals surface area contributed by atoms with Crippen molar-refractivity contribution in [2.45, 2.75) is 27.7 Å². The standard InChI is InChI=1S/C19H27NO7/c1-5-24-18(22)12-20(13-19(23)25-6-2)16-8-7-14(3)11-17(16)27-10-9-26-15(4)21/h7-8,11H,5-6,9-10,12-13H2,1-4H3. The molecule has 0 N–H and O–H groups in total. The minimum atomic E-state index is -0.465. The van der Waals surface area contributed by atoms with Crippen LogP contribution < -0.4 is 9.64 Å². The van der Waals surface area contributed by atoms with Crippen LogP contribution in [0.4, 0.5) is 5.69 Å². The van der Waals surface area contributed by atoms with Crippen LogP contribution in [0.25, 0.3) is 0 Å². The number of carbonyl (C=O) groups is 3. The van der Waals surface area contributed by atoms with Gasteiger partial charge >= 0.3 is 17.9 Å². The molecule has 0 radical (unpaired) electrons. The van der Waals surface area contributed by atoms with Gasteiger partial charge in [-0.15, -0.1) is 0 Å². The van der Waals surface area contributed by atoms with Crippen LogP contribution in [-0.4, -0.2) is 57.4 Å². The van der Waals surface area contributed by atoms with Crippen LogP contribution >= 0.6 is 0 Å². The summed E-state index contributed by atoms with van der Waals surface area (Å²) in [6, 6.07) is 5.39. The molecular weight excluding hydrogens is 354 g/mol. The van der Waals surface area contributed by atoms with E-state index >= 15 is 0 Å². The molecule has 0 aliphatic heterocycles. The molecule has 0 amide bonds. The lowest BCUT2D eigenvalue weighted by atomic mass is 10.2. The van der Waals surface area contributed by atoms with Gasteiger partial charge in [0.15, 0.2) is 0 Å². The molecule has 0 aromatic heterocycles. The fourth-order valence-electron chi connectivity index (χ4n) is 2.29. The van der Waals surface area contributed by atoms with Crippen molar-refractivity contribution in [3.63, 3.8) is 0 Å². The highest BCUT2D eigenvalue weighted by Gasteiger charge is 2.20. The molecule has 1 aromatic rings. The summed E-state index contributed by atoms with van der Waals surface area (Å²) >= 11 is 0. The van der Waals surface area contributed by atoms with E-state index in [9.17, 15) is 14.4 Å². The molecule has 8 heteroatoms. The number of aryl methyl sites for hydroxylation is 1. The Kier molecular flexibility index (Phi) is 9.71. The van der Waals surface area contributed by atoms with Gasteiger partial charge in [-0.05, 0) is 38.5 Å². The van der Waals surface area contributed by atoms with Gasteiger partial charge in [0, 0.05) is 6.92 Å². The van der Waals surface area contributed by atoms with Crippen LogP contribution in [0.2, 0.25) is 0 Å². The summed E-state index contributed by atoms with van der Waals surface area (Å²) in [6.07, 6.45) is 0. The molecule has 0 atom stereocenters. The average Bonchev–Trinajstić information content (AvgIpc) is 2.58. The van der Waals surface area contributed by atoms with E-state index in [0.29, 0.717) is 11.4 Å². The minimum Gasteiger partial charge on any atom is -0.488 e. The van der Waals surface area contributed by atoms with Gasteiger partial charge < -0.3 is 23.8 Å². The van der Waals surface area contributed by atoms with E-state index in [1.807, 2.05) is 13.0 Å². The van der Waals surface area contributed by atoms with E-state index in [4.69, 9.17) is 18.9 Å². The van der Waals surface area contributed by atoms with Gasteiger partial charge in [0.05, 0.1) is 18.9 Å². The summed E-state index contributed by atoms with van der Waals surface area (Å²) in [7, 11) is 0. The lowest BCUT2D eigenvalue weighted by Crippen LogP contribution is -2.36. The molecule has 8 nitrogen and oxygen atoms in total. The lowest BCUT2D eigenvalue weighted by Gasteiger charge is -2.25. The first-order valence-corrected chi connectivity index (χ1v) is 8.80. The van der Waals surface area contributed by atoms with Crippen LogP contribution in [0.3, 0.4) is 0 Å². The zero-order valence-corrected chi connectivity index (χ0v) is 16.3. The molecule has 0 heterocycles. The van der Waals surface area contributed by atoms with Crippen molar-refractivity contribution in [3.8, 4) is 5.75 Å². The predicted octanol–water partition coefficient (Wildman–Crippen LogP) is 1.87. The van der Waals surface area contributed by atoms with Gasteiger partial charge in [-0.2, -0.15) is 0 Å². The van der Waals surface area contributed by atoms with E-state index in [1.54, 1.807) is 26.0 Å². The van der Waals surface area contributed by atoms with Crippen molar-refractivity contribution in [1.29, 1.82) is 0 Å². The third kappa shape index (κ3) is 8.44. The molecule has 1 rings (SSSR count). The Hall–Kier alpha value is -2.77. The lowest BCUT2D eigenvalue weighted by molar-refractivity contribution is -0.143. The Morgan fingerprint density at radius 2 is 1.52 bits per heavy atom. The topological polar surface area (TPSA) is 91.4 Å². The molecule has 150 valence electrons. The van der Waals surface area contributed by atoms with Gasteiger partial charge in [0.1, 0.15) is 32.1 Å². The molecule has 27 heavy (non-hydrogen) atoms. The fourth-order valence-corrected chi connectivity index (χ4v) is 2.29. The van der Waals surface area contributed by atoms with Crippen LogP contribution in [0.15, 0.2) is 18.2 Å². The van der Waals surface area contributed by atoms with Crippen LogP contribution in [0.5, 0.6) is 5.75 Å². The zero-order valence-electron chi connectivity index (χ0n) is 16.3. The average molecular weight is 381 g/mol. The highest BCUT2D eigenvalue weighted by atomic mass is 16.6. The van der Waals surface area contributed by atoms with Gasteiger partial charge in [-0.3, -0.25) is 14.4 Å². The monoisotopic (exact) mass is 381 g/mol. The van der Waals surface area contributed by atoms with Crippen LogP contribution in [0.1, 0.15) is 26.3 Å². The molecule has 0 spiro atoms. The summed E-state index contributed by atoms with van der Waals surface area (Å²) in [5, 5.41) is 0. The molecule has 0 saturated heterocycles. The van der Waals surface area contributed by atoms with E-state index in [2.05, 4.69) is 0 Å². The third-order valence-electron chi connectivity index (χ3n) is 3.35. The number of rotatable bonds is 11. The molecular formula is C19H27NO7. The number of ether oxygens (including phenoxy) is 4. The number of nitrogens with zero attached hydrogens (tertiary/aromatic N) is 1. The molecule has 1 aromatic carbocycles. The van der Waals surface area contributed by atoms with Gasteiger partial charge in [0.25, 0.3) is 0 Å². The maximum absolute atomic E-state index is 12.0. The Morgan fingerprint density at radius 3 is 2.04 bits per heavy atom. The second-order valence-electron chi connectivity index (χ2n) is 5.63. The van der Waals surface area contributed by atoms with E-state index in [-0.39, 0.29) is 39.5 Å². The normalized spacial score (nSPS) is 10.1. The highest BCUT2D eigenvalue weighted by Crippen LogP contribution is 2.29. The maximum Gasteiger partial charge on any atom is 0.325 e. The van der Waals surface area contributed by atoms with Crippen molar-refractivity contribution >= 4 is 23.6 Å². The van der Waals surface area contributed by atoms with Gasteiger partial charge in [0.2, 0.25) is 0 Å². The first-order chi connectivity index (χ1) is 12.9. The highest BCUT2D eigenvalue weighted by molar-refractivity contribution is 5.82. The number of hydrogen-bond donors (Lipinski definition) is 0. The summed E-state index contributed by atoms with van der Waals surface area (Å²) < 4.78 is 20.6. The predicted molar refractivity (Wildman–Crippen MR) is 98.8 cm³/mol. The van der Waals surface area contributed by atoms with Crippen molar-refractivity contribution in [2.24, 2.45) is 0 Å². The Morgan fingerprint density at radius 1 is 0.926 bits per heavy atom. The molecule has 0 saturated carbocycles. The largest absolute Gasteiger partial charge is 0.488 e. The quantitative estimate of drug-likeness (QED) is 0.326. The summed E-state index contributed by atoms with van der Waals surface area (Å²) in [5.74, 6) is -0.855. The summed E-state index contributed by atoms with van der Waals surface area (Å²) in [5.41, 5.74) is 1.48. The second kappa shape index (κ2) is 11.8. The Labute approximate surface area is 159 Å². The molecule has 0 bridgehead atoms. The first kappa shape index (κ1) is 22.3. The Balaban J connectivity index is 3.01. The van der Waals surface area contributed by atoms with Crippen molar-refractivity contribution in [3.05, 3.63) is 23.8 Å². The number of esters is 3. The maximum atomic E-state index is 12.0. The molecule has 0 aliphatic carbocycles. The number of benzene rings is 1. The first-order valence-electron chi connectivity index (χ1n) is 8.80. The van der Waals surface area contributed by atoms with E-state index in [1.165, 1.54) is 11.8 Å². The van der Waals surface area contributed by atoms with E-state index in [0.717, 1.165) is 5.56 Å². The van der Waals surface area contributed by atoms with Crippen molar-refractivity contribution in [1.82, 2.24) is 0 Å². The van der Waals surface area contributed by atoms with Crippen molar-refractivity contribution < 1.29 is 33.3 Å². The molecule has 0 fully saturated rings. The fraction of sp³-hybridized carbons (Fsp3) is 0.526. The molecule has 0 unspecified atom stereocenters. The minimum absolute atomic E-state index is 0.0957. The molecule has 0 aliphatic rings. The Bertz CT molecular complexity index is 625. The van der Waals surface area contributed by atoms with E-state index < -0.39 is 17.9 Å². The second-order valence-corrected chi connectivity index (χ2v) is 5.63.